The van der Waals surface area contributed by atoms with Crippen LogP contribution in [0.5, 0.6) is 0 Å². The van der Waals surface area contributed by atoms with Crippen LogP contribution in [0.15, 0.2) is 24.3 Å². The zero-order valence-corrected chi connectivity index (χ0v) is 6.41. The van der Waals surface area contributed by atoms with E-state index in [1.54, 1.807) is 4.68 Å². The first-order valence-electron chi connectivity index (χ1n) is 3.58. The summed E-state index contributed by atoms with van der Waals surface area (Å²) in [5, 5.41) is 0. The molecule has 0 amide bonds. The van der Waals surface area contributed by atoms with Gasteiger partial charge in [-0.1, -0.05) is 12.1 Å². The Morgan fingerprint density at radius 3 is 2.75 bits per heavy atom. The van der Waals surface area contributed by atoms with Crippen molar-refractivity contribution in [2.75, 3.05) is 5.43 Å². The number of nitrogens with two attached hydrogens (primary N) is 2. The van der Waals surface area contributed by atoms with Crippen molar-refractivity contribution in [3.63, 3.8) is 0 Å². The Kier molecular flexibility index (Phi) is 1.30. The van der Waals surface area contributed by atoms with Gasteiger partial charge >= 0.3 is 5.96 Å². The van der Waals surface area contributed by atoms with Gasteiger partial charge in [0, 0.05) is 0 Å². The van der Waals surface area contributed by atoms with Crippen LogP contribution in [0.3, 0.4) is 0 Å². The summed E-state index contributed by atoms with van der Waals surface area (Å²) >= 11 is 0. The first-order valence-corrected chi connectivity index (χ1v) is 3.58. The molecule has 12 heavy (non-hydrogen) atoms. The second kappa shape index (κ2) is 2.30. The second-order valence-electron chi connectivity index (χ2n) is 2.51. The van der Waals surface area contributed by atoms with E-state index in [0.717, 1.165) is 11.4 Å². The number of benzene rings is 1. The smallest absolute Gasteiger partial charge is 0.289 e. The molecule has 0 radical (unpaired) electrons. The van der Waals surface area contributed by atoms with Gasteiger partial charge in [-0.15, -0.1) is 4.68 Å². The summed E-state index contributed by atoms with van der Waals surface area (Å²) in [7, 11) is 0. The monoisotopic (exact) mass is 164 g/mol. The molecule has 0 unspecified atom stereocenters. The highest BCUT2D eigenvalue weighted by atomic mass is 15.7. The van der Waals surface area contributed by atoms with E-state index in [1.165, 1.54) is 0 Å². The maximum atomic E-state index is 5.43. The number of rotatable bonds is 0. The molecule has 1 aliphatic heterocycles. The van der Waals surface area contributed by atoms with Crippen LogP contribution in [-0.4, -0.2) is 10.6 Å². The number of nitrogens with zero attached hydrogens (tertiary/aromatic N) is 1. The standard InChI is InChI=1S/C7H9N5/c8-7(9)12-6-4-2-1-3-5(6)10-11-12/h1-4,10-11H,(H3,8,9)/p+1. The minimum absolute atomic E-state index is 0.215. The lowest BCUT2D eigenvalue weighted by Gasteiger charge is -1.97. The van der Waals surface area contributed by atoms with E-state index >= 15 is 0 Å². The zero-order valence-electron chi connectivity index (χ0n) is 6.41. The third kappa shape index (κ3) is 0.833. The van der Waals surface area contributed by atoms with Crippen LogP contribution in [0.1, 0.15) is 0 Å². The van der Waals surface area contributed by atoms with Gasteiger partial charge in [0.1, 0.15) is 0 Å². The van der Waals surface area contributed by atoms with Crippen LogP contribution < -0.4 is 22.4 Å². The number of anilines is 1. The van der Waals surface area contributed by atoms with Gasteiger partial charge < -0.3 is 0 Å². The molecule has 0 aliphatic carbocycles. The first-order chi connectivity index (χ1) is 5.79. The Balaban J connectivity index is 2.57. The molecule has 1 aliphatic rings. The summed E-state index contributed by atoms with van der Waals surface area (Å²) < 4.78 is 1.58. The Hall–Kier alpha value is -1.91. The highest BCUT2D eigenvalue weighted by Crippen LogP contribution is 2.25. The van der Waals surface area contributed by atoms with Gasteiger partial charge in [0.2, 0.25) is 0 Å². The summed E-state index contributed by atoms with van der Waals surface area (Å²) in [6.45, 7) is 0. The lowest BCUT2D eigenvalue weighted by Crippen LogP contribution is -2.39. The topological polar surface area (TPSA) is 79.1 Å². The van der Waals surface area contributed by atoms with Crippen molar-refractivity contribution >= 4 is 17.3 Å². The van der Waals surface area contributed by atoms with Gasteiger partial charge in [-0.05, 0) is 12.1 Å². The van der Waals surface area contributed by atoms with E-state index < -0.39 is 0 Å². The molecule has 0 fully saturated rings. The van der Waals surface area contributed by atoms with Crippen molar-refractivity contribution in [3.8, 4) is 0 Å². The van der Waals surface area contributed by atoms with Crippen molar-refractivity contribution in [2.24, 2.45) is 11.5 Å². The van der Waals surface area contributed by atoms with Crippen molar-refractivity contribution in [1.82, 2.24) is 5.53 Å². The summed E-state index contributed by atoms with van der Waals surface area (Å²) in [5.41, 5.74) is 18.5. The lowest BCUT2D eigenvalue weighted by molar-refractivity contribution is -0.493. The van der Waals surface area contributed by atoms with Crippen molar-refractivity contribution in [1.29, 1.82) is 0 Å². The normalized spacial score (nSPS) is 13.2. The Labute approximate surface area is 69.6 Å². The van der Waals surface area contributed by atoms with Crippen LogP contribution in [-0.2, 0) is 0 Å². The average Bonchev–Trinajstić information content (AvgIpc) is 2.47. The molecule has 0 saturated heterocycles. The Morgan fingerprint density at radius 1 is 1.25 bits per heavy atom. The van der Waals surface area contributed by atoms with Crippen LogP contribution in [0.2, 0.25) is 0 Å². The molecule has 0 saturated carbocycles. The van der Waals surface area contributed by atoms with E-state index in [4.69, 9.17) is 11.5 Å². The van der Waals surface area contributed by atoms with Gasteiger partial charge in [-0.3, -0.25) is 16.9 Å². The van der Waals surface area contributed by atoms with Crippen LogP contribution >= 0.6 is 0 Å². The maximum Gasteiger partial charge on any atom is 0.369 e. The first kappa shape index (κ1) is 6.78. The number of hydrazine groups is 2. The van der Waals surface area contributed by atoms with Crippen LogP contribution in [0.4, 0.5) is 11.4 Å². The largest absolute Gasteiger partial charge is 0.369 e. The predicted octanol–water partition coefficient (Wildman–Crippen LogP) is -0.551. The zero-order chi connectivity index (χ0) is 8.55. The molecule has 6 N–H and O–H groups in total. The van der Waals surface area contributed by atoms with E-state index in [0.29, 0.717) is 0 Å². The maximum absolute atomic E-state index is 5.43. The predicted molar refractivity (Wildman–Crippen MR) is 46.5 cm³/mol. The van der Waals surface area contributed by atoms with Crippen molar-refractivity contribution in [2.45, 2.75) is 0 Å². The van der Waals surface area contributed by atoms with Gasteiger partial charge in [0.15, 0.2) is 5.69 Å². The van der Waals surface area contributed by atoms with Crippen molar-refractivity contribution < 1.29 is 4.68 Å². The minimum Gasteiger partial charge on any atom is -0.289 e. The fraction of sp³-hybridized carbons (Fsp3) is 0. The number of hydrazone groups is 1. The van der Waals surface area contributed by atoms with E-state index in [2.05, 4.69) is 11.0 Å². The number of hydrogen-bond donors (Lipinski definition) is 4. The molecule has 2 rings (SSSR count). The third-order valence-corrected chi connectivity index (χ3v) is 1.71. The molecule has 1 aromatic rings. The molecule has 1 aromatic carbocycles. The fourth-order valence-corrected chi connectivity index (χ4v) is 1.15. The summed E-state index contributed by atoms with van der Waals surface area (Å²) in [4.78, 5) is 0. The number of hydrogen-bond acceptors (Lipinski definition) is 2. The highest BCUT2D eigenvalue weighted by Gasteiger charge is 2.18. The molecule has 0 aromatic heterocycles. The second-order valence-corrected chi connectivity index (χ2v) is 2.51. The van der Waals surface area contributed by atoms with Gasteiger partial charge in [0.05, 0.1) is 5.69 Å². The van der Waals surface area contributed by atoms with E-state index in [9.17, 15) is 0 Å². The molecule has 1 heterocycles. The Bertz CT molecular complexity index is 339. The summed E-state index contributed by atoms with van der Waals surface area (Å²) in [6.07, 6.45) is 0. The molecule has 0 bridgehead atoms. The van der Waals surface area contributed by atoms with Crippen molar-refractivity contribution in [3.05, 3.63) is 24.3 Å². The van der Waals surface area contributed by atoms with Gasteiger partial charge in [-0.2, -0.15) is 5.53 Å². The Morgan fingerprint density at radius 2 is 2.00 bits per heavy atom. The quantitative estimate of drug-likeness (QED) is 0.306. The third-order valence-electron chi connectivity index (χ3n) is 1.71. The molecular weight excluding hydrogens is 154 g/mol. The molecule has 0 spiro atoms. The van der Waals surface area contributed by atoms with Crippen LogP contribution in [0, 0.1) is 0 Å². The summed E-state index contributed by atoms with van der Waals surface area (Å²) in [5.74, 6) is 0.215. The fourth-order valence-electron chi connectivity index (χ4n) is 1.15. The highest BCUT2D eigenvalue weighted by molar-refractivity contribution is 5.74. The van der Waals surface area contributed by atoms with Crippen LogP contribution in [0.25, 0.3) is 0 Å². The molecular formula is C7H10N5+. The van der Waals surface area contributed by atoms with E-state index in [1.807, 2.05) is 24.3 Å². The van der Waals surface area contributed by atoms with Gasteiger partial charge in [0.25, 0.3) is 0 Å². The molecule has 0 atom stereocenters. The van der Waals surface area contributed by atoms with E-state index in [-0.39, 0.29) is 5.96 Å². The molecule has 62 valence electrons. The molecule has 5 nitrogen and oxygen atoms in total. The number of fused-ring (bicyclic) bond motifs is 1. The number of guanidine groups is 1. The number of para-hydroxylation sites is 2. The lowest BCUT2D eigenvalue weighted by atomic mass is 10.3. The molecule has 5 heteroatoms. The minimum atomic E-state index is 0.215. The van der Waals surface area contributed by atoms with Gasteiger partial charge in [-0.25, -0.2) is 0 Å². The number of nitrogens with one attached hydrogen (secondary N) is 2. The summed E-state index contributed by atoms with van der Waals surface area (Å²) in [6, 6.07) is 7.71. The average molecular weight is 164 g/mol. The SMILES string of the molecule is NC(N)=[N+]1NNc2ccccc21.